The van der Waals surface area contributed by atoms with Gasteiger partial charge in [0.2, 0.25) is 0 Å². The first-order chi connectivity index (χ1) is 30.3. The van der Waals surface area contributed by atoms with Gasteiger partial charge < -0.3 is 26.8 Å². The molecule has 0 aliphatic rings. The molecule has 9 nitrogen and oxygen atoms in total. The van der Waals surface area contributed by atoms with E-state index in [0.717, 1.165) is 63.6 Å². The second kappa shape index (κ2) is 21.5. The molecule has 0 spiro atoms. The lowest BCUT2D eigenvalue weighted by Crippen LogP contribution is -2.31. The van der Waals surface area contributed by atoms with Gasteiger partial charge in [-0.1, -0.05) is 90.5 Å². The Morgan fingerprint density at radius 2 is 1.00 bits per heavy atom. The molecule has 0 radical (unpaired) electrons. The number of nitrogens with zero attached hydrogens (tertiary/aromatic N) is 4. The minimum absolute atomic E-state index is 0.00478. The minimum atomic E-state index is -0.464. The van der Waals surface area contributed by atoms with E-state index in [9.17, 15) is 4.39 Å². The van der Waals surface area contributed by atoms with Crippen molar-refractivity contribution in [2.45, 2.75) is 24.9 Å². The van der Waals surface area contributed by atoms with Crippen molar-refractivity contribution in [3.05, 3.63) is 198 Å². The molecular formula is C51H48ClFN8O. The van der Waals surface area contributed by atoms with Crippen LogP contribution in [0.5, 0.6) is 5.75 Å². The fraction of sp³-hybridized carbons (Fsp3) is 0.137. The summed E-state index contributed by atoms with van der Waals surface area (Å²) in [7, 11) is 1.67. The molecule has 4 aromatic heterocycles. The molecule has 312 valence electrons. The lowest BCUT2D eigenvalue weighted by Gasteiger charge is -2.16. The molecule has 8 aromatic rings. The molecule has 0 bridgehead atoms. The van der Waals surface area contributed by atoms with E-state index in [4.69, 9.17) is 37.8 Å². The van der Waals surface area contributed by atoms with Gasteiger partial charge in [-0.25, -0.2) is 14.4 Å². The lowest BCUT2D eigenvalue weighted by molar-refractivity contribution is 0.415. The Morgan fingerprint density at radius 3 is 1.45 bits per heavy atom. The molecular weight excluding hydrogens is 795 g/mol. The quantitative estimate of drug-likeness (QED) is 0.0795. The summed E-state index contributed by atoms with van der Waals surface area (Å²) in [5.41, 5.74) is 22.2. The third kappa shape index (κ3) is 11.9. The number of aromatic nitrogens is 4. The highest BCUT2D eigenvalue weighted by Crippen LogP contribution is 2.34. The molecule has 4 heterocycles. The molecule has 0 saturated carbocycles. The average Bonchev–Trinajstić information content (AvgIpc) is 3.32. The number of pyridine rings is 4. The maximum atomic E-state index is 14.1. The van der Waals surface area contributed by atoms with Gasteiger partial charge in [0.25, 0.3) is 0 Å². The molecule has 2 atom stereocenters. The fourth-order valence-corrected chi connectivity index (χ4v) is 7.04. The fourth-order valence-electron chi connectivity index (χ4n) is 6.92. The molecule has 0 aliphatic carbocycles. The van der Waals surface area contributed by atoms with E-state index in [1.165, 1.54) is 17.2 Å². The number of methoxy groups -OCH3 is 1. The van der Waals surface area contributed by atoms with Crippen molar-refractivity contribution < 1.29 is 9.13 Å². The van der Waals surface area contributed by atoms with Crippen LogP contribution in [0.4, 0.5) is 16.0 Å². The molecule has 0 fully saturated rings. The third-order valence-corrected chi connectivity index (χ3v) is 10.4. The largest absolute Gasteiger partial charge is 0.497 e. The van der Waals surface area contributed by atoms with Crippen LogP contribution in [0.3, 0.4) is 0 Å². The third-order valence-electron chi connectivity index (χ3n) is 10.1. The standard InChI is InChI=1S/C26H26N4O.C25H22ClFN4/c1-31-23-9-7-20(8-10-23)24-11-12-25(30-26(24)21-13-15-28-16-14-21)29-18-22(27)17-19-5-3-2-4-6-19;26-22-8-6-19(15-23(22)27)21-7-9-24(31-25(21)18-10-12-29-13-11-18)30-16-20(28)14-17-4-2-1-3-5-17/h2-16,22H,17-18,27H2,1H3,(H,29,30);1-13,15,20H,14,16,28H2,(H,30,31)/t22-;20-/m00/s1. The Bertz CT molecular complexity index is 2620. The summed E-state index contributed by atoms with van der Waals surface area (Å²) in [6, 6.07) is 48.8. The Morgan fingerprint density at radius 1 is 0.548 bits per heavy atom. The van der Waals surface area contributed by atoms with Crippen LogP contribution < -0.4 is 26.8 Å². The molecule has 6 N–H and O–H groups in total. The molecule has 0 saturated heterocycles. The number of hydrogen-bond acceptors (Lipinski definition) is 9. The Labute approximate surface area is 367 Å². The van der Waals surface area contributed by atoms with Crippen molar-refractivity contribution in [1.82, 2.24) is 19.9 Å². The first kappa shape index (κ1) is 43.1. The highest BCUT2D eigenvalue weighted by atomic mass is 35.5. The number of hydrogen-bond donors (Lipinski definition) is 4. The predicted octanol–water partition coefficient (Wildman–Crippen LogP) is 10.4. The first-order valence-corrected chi connectivity index (χ1v) is 20.7. The van der Waals surface area contributed by atoms with E-state index in [0.29, 0.717) is 24.5 Å². The van der Waals surface area contributed by atoms with Gasteiger partial charge in [0.05, 0.1) is 23.5 Å². The summed E-state index contributed by atoms with van der Waals surface area (Å²) in [6.07, 6.45) is 8.57. The molecule has 62 heavy (non-hydrogen) atoms. The van der Waals surface area contributed by atoms with E-state index < -0.39 is 5.82 Å². The van der Waals surface area contributed by atoms with Gasteiger partial charge in [0.15, 0.2) is 0 Å². The monoisotopic (exact) mass is 842 g/mol. The van der Waals surface area contributed by atoms with Crippen LogP contribution >= 0.6 is 11.6 Å². The predicted molar refractivity (Wildman–Crippen MR) is 251 cm³/mol. The molecule has 0 aliphatic heterocycles. The van der Waals surface area contributed by atoms with Crippen molar-refractivity contribution in [3.8, 4) is 50.5 Å². The summed E-state index contributed by atoms with van der Waals surface area (Å²) in [6.45, 7) is 1.21. The zero-order valence-electron chi connectivity index (χ0n) is 34.3. The van der Waals surface area contributed by atoms with Crippen LogP contribution in [0.15, 0.2) is 176 Å². The van der Waals surface area contributed by atoms with Crippen LogP contribution in [-0.2, 0) is 12.8 Å². The van der Waals surface area contributed by atoms with E-state index in [2.05, 4.69) is 50.9 Å². The molecule has 0 unspecified atom stereocenters. The second-order valence-electron chi connectivity index (χ2n) is 14.7. The normalized spacial score (nSPS) is 11.8. The van der Waals surface area contributed by atoms with E-state index in [-0.39, 0.29) is 17.1 Å². The maximum absolute atomic E-state index is 14.1. The van der Waals surface area contributed by atoms with Crippen LogP contribution in [0.1, 0.15) is 11.1 Å². The highest BCUT2D eigenvalue weighted by Gasteiger charge is 2.15. The lowest BCUT2D eigenvalue weighted by atomic mass is 9.99. The van der Waals surface area contributed by atoms with E-state index in [1.54, 1.807) is 44.0 Å². The zero-order chi connectivity index (χ0) is 43.1. The number of ether oxygens (including phenoxy) is 1. The Hall–Kier alpha value is -6.98. The highest BCUT2D eigenvalue weighted by molar-refractivity contribution is 6.30. The van der Waals surface area contributed by atoms with Gasteiger partial charge >= 0.3 is 0 Å². The topological polar surface area (TPSA) is 137 Å². The van der Waals surface area contributed by atoms with Gasteiger partial charge in [0.1, 0.15) is 23.2 Å². The summed E-state index contributed by atoms with van der Waals surface area (Å²) >= 11 is 5.86. The minimum Gasteiger partial charge on any atom is -0.497 e. The van der Waals surface area contributed by atoms with Crippen LogP contribution in [0, 0.1) is 5.82 Å². The van der Waals surface area contributed by atoms with Crippen molar-refractivity contribution in [1.29, 1.82) is 0 Å². The SMILES string of the molecule is COc1ccc(-c2ccc(NC[C@@H](N)Cc3ccccc3)nc2-c2ccncc2)cc1.N[C@H](CNc1ccc(-c2ccc(Cl)c(F)c2)c(-c2ccncc2)n1)Cc1ccccc1. The van der Waals surface area contributed by atoms with Gasteiger partial charge in [-0.2, -0.15) is 0 Å². The van der Waals surface area contributed by atoms with Crippen molar-refractivity contribution in [3.63, 3.8) is 0 Å². The molecule has 0 amide bonds. The van der Waals surface area contributed by atoms with Crippen LogP contribution in [0.2, 0.25) is 5.02 Å². The first-order valence-electron chi connectivity index (χ1n) is 20.3. The number of benzene rings is 4. The average molecular weight is 843 g/mol. The Kier molecular flexibility index (Phi) is 15.0. The number of anilines is 2. The summed E-state index contributed by atoms with van der Waals surface area (Å²) in [4.78, 5) is 17.9. The van der Waals surface area contributed by atoms with Gasteiger partial charge in [-0.05, 0) is 108 Å². The molecule has 11 heteroatoms. The summed E-state index contributed by atoms with van der Waals surface area (Å²) in [5.74, 6) is 1.86. The van der Waals surface area contributed by atoms with E-state index in [1.807, 2.05) is 103 Å². The van der Waals surface area contributed by atoms with Crippen molar-refractivity contribution in [2.24, 2.45) is 11.5 Å². The Balaban J connectivity index is 0.000000186. The van der Waals surface area contributed by atoms with E-state index >= 15 is 0 Å². The van der Waals surface area contributed by atoms with Crippen LogP contribution in [-0.4, -0.2) is 52.2 Å². The number of rotatable bonds is 15. The molecule has 8 rings (SSSR count). The summed E-state index contributed by atoms with van der Waals surface area (Å²) < 4.78 is 19.4. The number of nitrogens with one attached hydrogen (secondary N) is 2. The van der Waals surface area contributed by atoms with Gasteiger partial charge in [0, 0.05) is 72.2 Å². The second-order valence-corrected chi connectivity index (χ2v) is 15.1. The van der Waals surface area contributed by atoms with Gasteiger partial charge in [-0.3, -0.25) is 9.97 Å². The number of nitrogens with two attached hydrogens (primary N) is 2. The van der Waals surface area contributed by atoms with Crippen molar-refractivity contribution in [2.75, 3.05) is 30.8 Å². The molecule has 4 aromatic carbocycles. The number of halogens is 2. The van der Waals surface area contributed by atoms with Crippen molar-refractivity contribution >= 4 is 23.2 Å². The van der Waals surface area contributed by atoms with Gasteiger partial charge in [-0.15, -0.1) is 0 Å². The maximum Gasteiger partial charge on any atom is 0.142 e. The smallest absolute Gasteiger partial charge is 0.142 e. The van der Waals surface area contributed by atoms with Crippen LogP contribution in [0.25, 0.3) is 44.8 Å². The summed E-state index contributed by atoms with van der Waals surface area (Å²) in [5, 5.41) is 6.82. The zero-order valence-corrected chi connectivity index (χ0v) is 35.1.